The number of rotatable bonds is 4. The summed E-state index contributed by atoms with van der Waals surface area (Å²) in [5.41, 5.74) is 13.2. The molecule has 0 fully saturated rings. The van der Waals surface area contributed by atoms with Gasteiger partial charge in [0, 0.05) is 81.0 Å². The first-order chi connectivity index (χ1) is 28.2. The van der Waals surface area contributed by atoms with E-state index in [4.69, 9.17) is 13.3 Å². The molecular formula is C52H27NO3S. The van der Waals surface area contributed by atoms with Crippen LogP contribution < -0.4 is 4.90 Å². The molecule has 57 heavy (non-hydrogen) atoms. The third kappa shape index (κ3) is 3.96. The van der Waals surface area contributed by atoms with Crippen LogP contribution in [0.4, 0.5) is 17.1 Å². The second-order valence-electron chi connectivity index (χ2n) is 15.2. The average molecular weight is 746 g/mol. The van der Waals surface area contributed by atoms with Gasteiger partial charge in [-0.2, -0.15) is 0 Å². The number of furan rings is 3. The molecule has 13 aromatic rings. The van der Waals surface area contributed by atoms with Crippen molar-refractivity contribution in [3.8, 4) is 22.3 Å². The summed E-state index contributed by atoms with van der Waals surface area (Å²) in [6, 6.07) is 58.7. The lowest BCUT2D eigenvalue weighted by atomic mass is 9.90. The van der Waals surface area contributed by atoms with E-state index in [0.717, 1.165) is 77.7 Å². The molecule has 0 bridgehead atoms. The normalized spacial score (nSPS) is 12.6. The van der Waals surface area contributed by atoms with Crippen LogP contribution in [0.1, 0.15) is 0 Å². The van der Waals surface area contributed by atoms with E-state index < -0.39 is 0 Å². The summed E-state index contributed by atoms with van der Waals surface area (Å²) in [5, 5.41) is 12.0. The molecule has 0 atom stereocenters. The molecule has 0 spiro atoms. The summed E-state index contributed by atoms with van der Waals surface area (Å²) in [6.45, 7) is 0. The van der Waals surface area contributed by atoms with Gasteiger partial charge in [0.25, 0.3) is 0 Å². The maximum atomic E-state index is 6.57. The maximum Gasteiger partial charge on any atom is 0.137 e. The fourth-order valence-corrected chi connectivity index (χ4v) is 10.9. The number of benzene rings is 9. The number of anilines is 3. The topological polar surface area (TPSA) is 42.7 Å². The van der Waals surface area contributed by atoms with Crippen LogP contribution in [0.2, 0.25) is 0 Å². The Hall–Kier alpha value is -7.34. The molecule has 9 aromatic carbocycles. The zero-order valence-electron chi connectivity index (χ0n) is 30.2. The van der Waals surface area contributed by atoms with E-state index >= 15 is 0 Å². The van der Waals surface area contributed by atoms with Gasteiger partial charge in [-0.05, 0) is 107 Å². The van der Waals surface area contributed by atoms with Crippen molar-refractivity contribution in [2.75, 3.05) is 4.90 Å². The molecule has 264 valence electrons. The Bertz CT molecular complexity index is 3890. The number of hydrogen-bond acceptors (Lipinski definition) is 5. The predicted molar refractivity (Wildman–Crippen MR) is 238 cm³/mol. The van der Waals surface area contributed by atoms with Crippen molar-refractivity contribution in [2.45, 2.75) is 0 Å². The SMILES string of the molecule is c1cc(-c2ccc3sc4ccc5ccc6oc7cccc8c7c6c5c4c3c2-8)cc(N(c2ccc3c(c2)oc2ccccc23)c2ccc3oc4ccccc4c3c2)c1. The van der Waals surface area contributed by atoms with Crippen molar-refractivity contribution in [1.29, 1.82) is 0 Å². The molecule has 0 radical (unpaired) electrons. The minimum Gasteiger partial charge on any atom is -0.456 e. The van der Waals surface area contributed by atoms with Crippen LogP contribution in [0.5, 0.6) is 0 Å². The maximum absolute atomic E-state index is 6.57. The Morgan fingerprint density at radius 1 is 0.351 bits per heavy atom. The highest BCUT2D eigenvalue weighted by Crippen LogP contribution is 2.54. The Balaban J connectivity index is 1.04. The van der Waals surface area contributed by atoms with E-state index in [2.05, 4.69) is 144 Å². The molecule has 0 saturated carbocycles. The van der Waals surface area contributed by atoms with E-state index in [9.17, 15) is 0 Å². The zero-order valence-corrected chi connectivity index (χ0v) is 31.0. The minimum atomic E-state index is 0.852. The van der Waals surface area contributed by atoms with Gasteiger partial charge in [0.1, 0.15) is 33.5 Å². The lowest BCUT2D eigenvalue weighted by Gasteiger charge is -2.26. The molecule has 0 unspecified atom stereocenters. The molecule has 0 aliphatic heterocycles. The van der Waals surface area contributed by atoms with Gasteiger partial charge in [0.2, 0.25) is 0 Å². The van der Waals surface area contributed by atoms with Crippen LogP contribution in [0.3, 0.4) is 0 Å². The first-order valence-corrected chi connectivity index (χ1v) is 20.0. The first-order valence-electron chi connectivity index (χ1n) is 19.2. The second kappa shape index (κ2) is 10.7. The molecule has 0 N–H and O–H groups in total. The summed E-state index contributed by atoms with van der Waals surface area (Å²) in [5.74, 6) is 0. The molecule has 14 rings (SSSR count). The molecular weight excluding hydrogens is 719 g/mol. The number of fused-ring (bicyclic) bond motifs is 7. The summed E-state index contributed by atoms with van der Waals surface area (Å²) in [7, 11) is 0. The smallest absolute Gasteiger partial charge is 0.137 e. The van der Waals surface area contributed by atoms with Crippen molar-refractivity contribution in [1.82, 2.24) is 0 Å². The molecule has 0 amide bonds. The molecule has 1 aliphatic rings. The van der Waals surface area contributed by atoms with Gasteiger partial charge in [-0.25, -0.2) is 0 Å². The minimum absolute atomic E-state index is 0.852. The standard InChI is InChI=1S/C52H27NO3S/c1-3-12-39-34(9-1)36-19-17-32(27-44(36)55-39)53(31-18-22-41-38(26-31)35-10-2-4-13-40(35)54-41)30-8-5-7-29(25-30)33-20-24-46-52-48(33)37-11-6-14-42-49(37)50-43(56-42)21-15-28-16-23-45(57-46)51(52)47(28)50/h1-27H. The van der Waals surface area contributed by atoms with E-state index in [0.29, 0.717) is 0 Å². The highest BCUT2D eigenvalue weighted by molar-refractivity contribution is 7.26. The molecule has 4 aromatic heterocycles. The van der Waals surface area contributed by atoms with Gasteiger partial charge in [0.05, 0.1) is 0 Å². The number of hydrogen-bond donors (Lipinski definition) is 0. The monoisotopic (exact) mass is 745 g/mol. The van der Waals surface area contributed by atoms with E-state index in [-0.39, 0.29) is 0 Å². The van der Waals surface area contributed by atoms with Crippen molar-refractivity contribution < 1.29 is 13.3 Å². The van der Waals surface area contributed by atoms with Gasteiger partial charge in [0.15, 0.2) is 0 Å². The number of thiophene rings is 1. The first kappa shape index (κ1) is 29.9. The zero-order chi connectivity index (χ0) is 36.9. The second-order valence-corrected chi connectivity index (χ2v) is 16.2. The molecule has 0 saturated heterocycles. The Labute approximate surface area is 328 Å². The van der Waals surface area contributed by atoms with Crippen molar-refractivity contribution in [2.24, 2.45) is 0 Å². The van der Waals surface area contributed by atoms with Crippen LogP contribution in [-0.2, 0) is 0 Å². The highest BCUT2D eigenvalue weighted by atomic mass is 32.1. The lowest BCUT2D eigenvalue weighted by molar-refractivity contribution is 0.668. The summed E-state index contributed by atoms with van der Waals surface area (Å²) in [4.78, 5) is 2.34. The van der Waals surface area contributed by atoms with Gasteiger partial charge in [-0.1, -0.05) is 78.9 Å². The van der Waals surface area contributed by atoms with E-state index in [1.165, 1.54) is 58.4 Å². The van der Waals surface area contributed by atoms with Gasteiger partial charge in [-0.15, -0.1) is 11.3 Å². The van der Waals surface area contributed by atoms with Crippen LogP contribution in [-0.4, -0.2) is 0 Å². The molecule has 5 heteroatoms. The van der Waals surface area contributed by atoms with E-state index in [1.807, 2.05) is 35.6 Å². The van der Waals surface area contributed by atoms with Crippen LogP contribution in [0.25, 0.3) is 119 Å². The van der Waals surface area contributed by atoms with Crippen LogP contribution >= 0.6 is 11.3 Å². The highest BCUT2D eigenvalue weighted by Gasteiger charge is 2.27. The summed E-state index contributed by atoms with van der Waals surface area (Å²) >= 11 is 1.88. The van der Waals surface area contributed by atoms with Crippen molar-refractivity contribution in [3.63, 3.8) is 0 Å². The molecule has 1 aliphatic carbocycles. The number of para-hydroxylation sites is 2. The fraction of sp³-hybridized carbons (Fsp3) is 0. The quantitative estimate of drug-likeness (QED) is 0.180. The van der Waals surface area contributed by atoms with Gasteiger partial charge >= 0.3 is 0 Å². The summed E-state index contributed by atoms with van der Waals surface area (Å²) in [6.07, 6.45) is 0. The fourth-order valence-electron chi connectivity index (χ4n) is 9.77. The Morgan fingerprint density at radius 2 is 0.982 bits per heavy atom. The average Bonchev–Trinajstić information content (AvgIpc) is 4.01. The Morgan fingerprint density at radius 3 is 1.89 bits per heavy atom. The van der Waals surface area contributed by atoms with E-state index in [1.54, 1.807) is 0 Å². The Kier molecular flexibility index (Phi) is 5.62. The van der Waals surface area contributed by atoms with Crippen LogP contribution in [0.15, 0.2) is 177 Å². The van der Waals surface area contributed by atoms with Gasteiger partial charge in [-0.3, -0.25) is 0 Å². The largest absolute Gasteiger partial charge is 0.456 e. The third-order valence-corrected chi connectivity index (χ3v) is 13.3. The summed E-state index contributed by atoms with van der Waals surface area (Å²) < 4.78 is 21.9. The van der Waals surface area contributed by atoms with Crippen molar-refractivity contribution >= 4 is 125 Å². The van der Waals surface area contributed by atoms with Crippen LogP contribution in [0, 0.1) is 0 Å². The predicted octanol–water partition coefficient (Wildman–Crippen LogP) is 16.0. The molecule has 4 heterocycles. The molecule has 4 nitrogen and oxygen atoms in total. The van der Waals surface area contributed by atoms with Gasteiger partial charge < -0.3 is 18.2 Å². The van der Waals surface area contributed by atoms with Crippen molar-refractivity contribution in [3.05, 3.63) is 164 Å². The lowest BCUT2D eigenvalue weighted by Crippen LogP contribution is -2.10. The third-order valence-electron chi connectivity index (χ3n) is 12.2. The number of nitrogens with zero attached hydrogens (tertiary/aromatic N) is 1.